The highest BCUT2D eigenvalue weighted by Gasteiger charge is 2.24. The number of hydrogen-bond acceptors (Lipinski definition) is 5. The molecule has 0 bridgehead atoms. The minimum Gasteiger partial charge on any atom is -0.477 e. The molecule has 2 atom stereocenters. The Morgan fingerprint density at radius 3 is 2.44 bits per heavy atom. The van der Waals surface area contributed by atoms with Gasteiger partial charge in [0, 0.05) is 17.1 Å². The summed E-state index contributed by atoms with van der Waals surface area (Å²) >= 11 is 11.8. The molecule has 0 fully saturated rings. The number of amides is 1. The lowest BCUT2D eigenvalue weighted by Crippen LogP contribution is -2.35. The molecule has 7 nitrogen and oxygen atoms in total. The summed E-state index contributed by atoms with van der Waals surface area (Å²) in [5.41, 5.74) is 0. The monoisotopic (exact) mass is 413 g/mol. The molecule has 0 aliphatic carbocycles. The first-order valence-corrected chi connectivity index (χ1v) is 9.11. The summed E-state index contributed by atoms with van der Waals surface area (Å²) in [7, 11) is 0. The Kier molecular flexibility index (Phi) is 7.10. The maximum atomic E-state index is 12.3. The van der Waals surface area contributed by atoms with E-state index in [0.29, 0.717) is 16.6 Å². The number of rotatable bonds is 7. The molecule has 0 aliphatic rings. The van der Waals surface area contributed by atoms with Crippen molar-refractivity contribution in [2.24, 2.45) is 0 Å². The molecule has 0 radical (unpaired) electrons. The summed E-state index contributed by atoms with van der Waals surface area (Å²) in [6.07, 6.45) is -0.391. The summed E-state index contributed by atoms with van der Waals surface area (Å²) < 4.78 is 12.3. The van der Waals surface area contributed by atoms with Crippen molar-refractivity contribution in [1.29, 1.82) is 0 Å². The Morgan fingerprint density at radius 1 is 1.11 bits per heavy atom. The van der Waals surface area contributed by atoms with E-state index in [2.05, 4.69) is 10.4 Å². The molecule has 146 valence electrons. The first-order chi connectivity index (χ1) is 12.7. The SMILES string of the molecule is CC(C)n1nccc1NC(=O)[C@H](C)OC(=O)[C@@H](C)Oc1ccc(Cl)cc1Cl. The van der Waals surface area contributed by atoms with Gasteiger partial charge in [0.1, 0.15) is 11.6 Å². The summed E-state index contributed by atoms with van der Waals surface area (Å²) in [6, 6.07) is 6.39. The van der Waals surface area contributed by atoms with Crippen molar-refractivity contribution in [3.05, 3.63) is 40.5 Å². The summed E-state index contributed by atoms with van der Waals surface area (Å²) in [4.78, 5) is 24.5. The molecule has 1 heterocycles. The van der Waals surface area contributed by atoms with E-state index in [1.807, 2.05) is 13.8 Å². The molecule has 0 saturated carbocycles. The molecule has 1 amide bonds. The van der Waals surface area contributed by atoms with Crippen molar-refractivity contribution in [3.8, 4) is 5.75 Å². The highest BCUT2D eigenvalue weighted by molar-refractivity contribution is 6.35. The molecule has 1 N–H and O–H groups in total. The number of hydrogen-bond donors (Lipinski definition) is 1. The second-order valence-corrected chi connectivity index (χ2v) is 7.00. The molecule has 1 aromatic heterocycles. The summed E-state index contributed by atoms with van der Waals surface area (Å²) in [6.45, 7) is 6.86. The Bertz CT molecular complexity index is 823. The topological polar surface area (TPSA) is 82.5 Å². The van der Waals surface area contributed by atoms with E-state index >= 15 is 0 Å². The zero-order chi connectivity index (χ0) is 20.1. The Labute approximate surface area is 167 Å². The van der Waals surface area contributed by atoms with Crippen molar-refractivity contribution >= 4 is 40.9 Å². The molecule has 0 aliphatic heterocycles. The van der Waals surface area contributed by atoms with Gasteiger partial charge in [-0.05, 0) is 45.9 Å². The lowest BCUT2D eigenvalue weighted by Gasteiger charge is -2.19. The van der Waals surface area contributed by atoms with Crippen LogP contribution in [0.25, 0.3) is 0 Å². The fraction of sp³-hybridized carbons (Fsp3) is 0.389. The van der Waals surface area contributed by atoms with E-state index in [-0.39, 0.29) is 11.1 Å². The maximum Gasteiger partial charge on any atom is 0.347 e. The van der Waals surface area contributed by atoms with Crippen molar-refractivity contribution in [2.45, 2.75) is 45.9 Å². The number of esters is 1. The summed E-state index contributed by atoms with van der Waals surface area (Å²) in [5, 5.41) is 7.54. The Balaban J connectivity index is 1.93. The smallest absolute Gasteiger partial charge is 0.347 e. The molecular formula is C18H21Cl2N3O4. The number of benzene rings is 1. The van der Waals surface area contributed by atoms with Gasteiger partial charge in [-0.3, -0.25) is 4.79 Å². The standard InChI is InChI=1S/C18H21Cl2N3O4/c1-10(2)23-16(7-8-21-23)22-17(24)11(3)27-18(25)12(4)26-15-6-5-13(19)9-14(15)20/h5-12H,1-4H3,(H,22,24)/t11-,12+/m0/s1. The van der Waals surface area contributed by atoms with Crippen molar-refractivity contribution < 1.29 is 19.1 Å². The lowest BCUT2D eigenvalue weighted by atomic mass is 10.3. The second-order valence-electron chi connectivity index (χ2n) is 6.16. The molecule has 1 aromatic carbocycles. The number of aromatic nitrogens is 2. The Hall–Kier alpha value is -2.25. The predicted molar refractivity (Wildman–Crippen MR) is 103 cm³/mol. The minimum absolute atomic E-state index is 0.0747. The van der Waals surface area contributed by atoms with Crippen LogP contribution in [-0.4, -0.2) is 33.9 Å². The van der Waals surface area contributed by atoms with Crippen LogP contribution in [0.3, 0.4) is 0 Å². The van der Waals surface area contributed by atoms with Crippen molar-refractivity contribution in [1.82, 2.24) is 9.78 Å². The second kappa shape index (κ2) is 9.10. The average molecular weight is 414 g/mol. The third-order valence-corrected chi connectivity index (χ3v) is 4.13. The van der Waals surface area contributed by atoms with Crippen LogP contribution >= 0.6 is 23.2 Å². The maximum absolute atomic E-state index is 12.3. The van der Waals surface area contributed by atoms with Crippen LogP contribution in [0.2, 0.25) is 10.0 Å². The number of carbonyl (C=O) groups excluding carboxylic acids is 2. The van der Waals surface area contributed by atoms with E-state index in [1.54, 1.807) is 29.1 Å². The van der Waals surface area contributed by atoms with Crippen molar-refractivity contribution in [3.63, 3.8) is 0 Å². The van der Waals surface area contributed by atoms with Crippen LogP contribution in [0.4, 0.5) is 5.82 Å². The molecule has 2 rings (SSSR count). The van der Waals surface area contributed by atoms with E-state index in [4.69, 9.17) is 32.7 Å². The number of nitrogens with zero attached hydrogens (tertiary/aromatic N) is 2. The van der Waals surface area contributed by atoms with Gasteiger partial charge in [-0.2, -0.15) is 5.10 Å². The number of halogens is 2. The first kappa shape index (κ1) is 21.1. The van der Waals surface area contributed by atoms with Gasteiger partial charge >= 0.3 is 5.97 Å². The number of carbonyl (C=O) groups is 2. The van der Waals surface area contributed by atoms with Crippen molar-refractivity contribution in [2.75, 3.05) is 5.32 Å². The average Bonchev–Trinajstić information content (AvgIpc) is 3.05. The third kappa shape index (κ3) is 5.61. The largest absolute Gasteiger partial charge is 0.477 e. The van der Waals surface area contributed by atoms with E-state index in [9.17, 15) is 9.59 Å². The zero-order valence-electron chi connectivity index (χ0n) is 15.4. The predicted octanol–water partition coefficient (Wildman–Crippen LogP) is 4.11. The lowest BCUT2D eigenvalue weighted by molar-refractivity contribution is -0.159. The Morgan fingerprint density at radius 2 is 1.81 bits per heavy atom. The van der Waals surface area contributed by atoms with Crippen LogP contribution in [0.1, 0.15) is 33.7 Å². The van der Waals surface area contributed by atoms with E-state index in [0.717, 1.165) is 0 Å². The highest BCUT2D eigenvalue weighted by Crippen LogP contribution is 2.28. The van der Waals surface area contributed by atoms with Crippen LogP contribution in [0.15, 0.2) is 30.5 Å². The molecular weight excluding hydrogens is 393 g/mol. The number of ether oxygens (including phenoxy) is 2. The van der Waals surface area contributed by atoms with Gasteiger partial charge in [0.2, 0.25) is 0 Å². The quantitative estimate of drug-likeness (QED) is 0.690. The summed E-state index contributed by atoms with van der Waals surface area (Å²) in [5.74, 6) is -0.345. The molecule has 0 unspecified atom stereocenters. The molecule has 0 spiro atoms. The van der Waals surface area contributed by atoms with Gasteiger partial charge in [0.05, 0.1) is 11.2 Å². The van der Waals surface area contributed by atoms with Crippen LogP contribution < -0.4 is 10.1 Å². The third-order valence-electron chi connectivity index (χ3n) is 3.60. The van der Waals surface area contributed by atoms with Gasteiger partial charge in [-0.1, -0.05) is 23.2 Å². The van der Waals surface area contributed by atoms with Gasteiger partial charge in [-0.25, -0.2) is 9.48 Å². The van der Waals surface area contributed by atoms with Gasteiger partial charge in [0.15, 0.2) is 12.2 Å². The first-order valence-electron chi connectivity index (χ1n) is 8.35. The number of anilines is 1. The molecule has 2 aromatic rings. The zero-order valence-corrected chi connectivity index (χ0v) is 16.9. The number of nitrogens with one attached hydrogen (secondary N) is 1. The van der Waals surface area contributed by atoms with E-state index in [1.165, 1.54) is 19.9 Å². The van der Waals surface area contributed by atoms with E-state index < -0.39 is 24.1 Å². The highest BCUT2D eigenvalue weighted by atomic mass is 35.5. The van der Waals surface area contributed by atoms with Crippen LogP contribution in [-0.2, 0) is 14.3 Å². The minimum atomic E-state index is -1.01. The van der Waals surface area contributed by atoms with Crippen LogP contribution in [0, 0.1) is 0 Å². The van der Waals surface area contributed by atoms with Gasteiger partial charge < -0.3 is 14.8 Å². The molecule has 9 heteroatoms. The molecule has 0 saturated heterocycles. The normalized spacial score (nSPS) is 13.1. The molecule has 27 heavy (non-hydrogen) atoms. The fourth-order valence-corrected chi connectivity index (χ4v) is 2.64. The van der Waals surface area contributed by atoms with Gasteiger partial charge in [-0.15, -0.1) is 0 Å². The fourth-order valence-electron chi connectivity index (χ4n) is 2.19. The van der Waals surface area contributed by atoms with Gasteiger partial charge in [0.25, 0.3) is 5.91 Å². The van der Waals surface area contributed by atoms with Crippen LogP contribution in [0.5, 0.6) is 5.75 Å².